The maximum absolute atomic E-state index is 12.5. The first-order valence-electron chi connectivity index (χ1n) is 10.8. The van der Waals surface area contributed by atoms with Gasteiger partial charge >= 0.3 is 35.4 Å². The summed E-state index contributed by atoms with van der Waals surface area (Å²) in [7, 11) is 0. The zero-order valence-corrected chi connectivity index (χ0v) is 20.0. The van der Waals surface area contributed by atoms with Crippen LogP contribution in [0.15, 0.2) is 18.2 Å². The van der Waals surface area contributed by atoms with Crippen molar-refractivity contribution in [3.05, 3.63) is 29.3 Å². The molecule has 1 fully saturated rings. The monoisotopic (exact) mass is 561 g/mol. The topological polar surface area (TPSA) is 99.2 Å². The van der Waals surface area contributed by atoms with E-state index in [0.29, 0.717) is 26.0 Å². The van der Waals surface area contributed by atoms with Gasteiger partial charge in [0.25, 0.3) is 0 Å². The summed E-state index contributed by atoms with van der Waals surface area (Å²) in [5, 5.41) is -1.57. The first-order chi connectivity index (χ1) is 17.1. The van der Waals surface area contributed by atoms with Crippen LogP contribution in [0, 0.1) is 5.92 Å². The lowest BCUT2D eigenvalue weighted by atomic mass is 9.87. The summed E-state index contributed by atoms with van der Waals surface area (Å²) in [6.45, 7) is -0.771. The number of likely N-dealkylation sites (tertiary alicyclic amines) is 1. The Bertz CT molecular complexity index is 1010. The molecule has 2 atom stereocenters. The number of alkyl halides is 6. The molecule has 0 N–H and O–H groups in total. The van der Waals surface area contributed by atoms with Crippen LogP contribution in [0.1, 0.15) is 36.9 Å². The lowest BCUT2D eigenvalue weighted by molar-refractivity contribution is -0.190. The average Bonchev–Trinajstić information content (AvgIpc) is 3.29. The van der Waals surface area contributed by atoms with Crippen LogP contribution in [0.25, 0.3) is 0 Å². The molecule has 0 aromatic heterocycles. The van der Waals surface area contributed by atoms with Crippen LogP contribution in [0.4, 0.5) is 26.3 Å². The van der Waals surface area contributed by atoms with Crippen molar-refractivity contribution in [1.29, 1.82) is 0 Å². The van der Waals surface area contributed by atoms with E-state index in [4.69, 9.17) is 4.74 Å². The van der Waals surface area contributed by atoms with Crippen LogP contribution >= 0.6 is 11.6 Å². The Kier molecular flexibility index (Phi) is 10.2. The van der Waals surface area contributed by atoms with Gasteiger partial charge in [-0.2, -0.15) is 26.3 Å². The molecule has 15 heteroatoms. The molecule has 1 saturated heterocycles. The Labute approximate surface area is 211 Å². The minimum Gasteiger partial charge on any atom is -0.493 e. The zero-order valence-electron chi connectivity index (χ0n) is 19.3. The third-order valence-corrected chi connectivity index (χ3v) is 5.44. The number of nitrogens with zero attached hydrogens (tertiary/aromatic N) is 1. The van der Waals surface area contributed by atoms with Gasteiger partial charge in [0.05, 0.1) is 12.6 Å². The van der Waals surface area contributed by atoms with Crippen LogP contribution in [0.2, 0.25) is 0 Å². The zero-order chi connectivity index (χ0) is 28.0. The third kappa shape index (κ3) is 9.41. The third-order valence-electron chi connectivity index (χ3n) is 5.29. The number of hydrogen-bond donors (Lipinski definition) is 0. The predicted molar refractivity (Wildman–Crippen MR) is 113 cm³/mol. The number of amides is 1. The fraction of sp³-hybridized carbons (Fsp3) is 0.545. The van der Waals surface area contributed by atoms with E-state index in [0.717, 1.165) is 23.3 Å². The highest BCUT2D eigenvalue weighted by molar-refractivity contribution is 6.80. The van der Waals surface area contributed by atoms with Crippen molar-refractivity contribution in [2.24, 2.45) is 5.92 Å². The molecule has 0 saturated carbocycles. The summed E-state index contributed by atoms with van der Waals surface area (Å²) in [5.74, 6) is -3.29. The van der Waals surface area contributed by atoms with Gasteiger partial charge in [-0.3, -0.25) is 9.59 Å². The number of carbonyl (C=O) groups excluding carboxylic acids is 4. The standard InChI is InChI=1S/C18H20F3NO4.C4H2ClF3O3/c1-11-5-6-14(12-3-2-4-15-13(12)7-8-25-15)22(9-11)16(23)17(24)26-10-18(19,20)21;5-2(9)3(10)11-1-4(6,7)8/h2-4,11,14H,5-10H2,1H3;1H2. The quantitative estimate of drug-likeness (QED) is 0.238. The normalized spacial score (nSPS) is 19.1. The number of hydrogen-bond acceptors (Lipinski definition) is 7. The maximum atomic E-state index is 12.5. The number of piperidine rings is 1. The fourth-order valence-electron chi connectivity index (χ4n) is 3.79. The molecule has 2 aliphatic rings. The van der Waals surface area contributed by atoms with E-state index in [2.05, 4.69) is 21.1 Å². The van der Waals surface area contributed by atoms with Crippen LogP contribution < -0.4 is 4.74 Å². The number of esters is 2. The van der Waals surface area contributed by atoms with E-state index < -0.39 is 48.7 Å². The largest absolute Gasteiger partial charge is 0.493 e. The van der Waals surface area contributed by atoms with Crippen molar-refractivity contribution < 1.29 is 59.7 Å². The second-order valence-electron chi connectivity index (χ2n) is 8.23. The van der Waals surface area contributed by atoms with E-state index in [-0.39, 0.29) is 12.0 Å². The van der Waals surface area contributed by atoms with Crippen LogP contribution in [-0.2, 0) is 35.1 Å². The van der Waals surface area contributed by atoms with Crippen molar-refractivity contribution >= 4 is 34.7 Å². The second-order valence-corrected chi connectivity index (χ2v) is 8.58. The van der Waals surface area contributed by atoms with E-state index in [9.17, 15) is 45.5 Å². The number of ether oxygens (including phenoxy) is 3. The molecule has 0 radical (unpaired) electrons. The van der Waals surface area contributed by atoms with Gasteiger partial charge in [-0.1, -0.05) is 19.1 Å². The minimum absolute atomic E-state index is 0.152. The van der Waals surface area contributed by atoms with Gasteiger partial charge in [0.15, 0.2) is 13.2 Å². The van der Waals surface area contributed by atoms with Gasteiger partial charge in [-0.05, 0) is 42.0 Å². The minimum atomic E-state index is -4.66. The van der Waals surface area contributed by atoms with Gasteiger partial charge < -0.3 is 19.1 Å². The highest BCUT2D eigenvalue weighted by atomic mass is 35.5. The first kappa shape index (κ1) is 30.2. The summed E-state index contributed by atoms with van der Waals surface area (Å²) in [6, 6.07) is 5.19. The lowest BCUT2D eigenvalue weighted by Crippen LogP contribution is -2.46. The van der Waals surface area contributed by atoms with E-state index in [1.807, 2.05) is 25.1 Å². The Balaban J connectivity index is 0.000000371. The van der Waals surface area contributed by atoms with Gasteiger partial charge in [0, 0.05) is 18.5 Å². The van der Waals surface area contributed by atoms with Crippen molar-refractivity contribution in [3.8, 4) is 5.75 Å². The molecule has 0 spiro atoms. The average molecular weight is 562 g/mol. The molecule has 1 aromatic rings. The summed E-state index contributed by atoms with van der Waals surface area (Å²) >= 11 is 4.48. The van der Waals surface area contributed by atoms with Crippen LogP contribution in [0.5, 0.6) is 5.75 Å². The summed E-state index contributed by atoms with van der Waals surface area (Å²) in [5.41, 5.74) is 1.89. The molecule has 1 amide bonds. The number of rotatable bonds is 4. The van der Waals surface area contributed by atoms with Crippen LogP contribution in [-0.4, -0.2) is 66.7 Å². The van der Waals surface area contributed by atoms with E-state index >= 15 is 0 Å². The Hall–Kier alpha value is -3.03. The Morgan fingerprint density at radius 1 is 1.00 bits per heavy atom. The number of halogens is 7. The molecular weight excluding hydrogens is 540 g/mol. The molecule has 3 rings (SSSR count). The van der Waals surface area contributed by atoms with E-state index in [1.54, 1.807) is 0 Å². The molecular formula is C22H22ClF6NO7. The van der Waals surface area contributed by atoms with Crippen LogP contribution in [0.3, 0.4) is 0 Å². The van der Waals surface area contributed by atoms with Crippen molar-refractivity contribution in [2.45, 2.75) is 44.6 Å². The van der Waals surface area contributed by atoms with Crippen molar-refractivity contribution in [2.75, 3.05) is 26.4 Å². The Morgan fingerprint density at radius 3 is 2.16 bits per heavy atom. The summed E-state index contributed by atoms with van der Waals surface area (Å²) < 4.78 is 83.6. The van der Waals surface area contributed by atoms with Gasteiger partial charge in [0.2, 0.25) is 0 Å². The maximum Gasteiger partial charge on any atom is 0.422 e. The highest BCUT2D eigenvalue weighted by Gasteiger charge is 2.38. The molecule has 0 aliphatic carbocycles. The lowest BCUT2D eigenvalue weighted by Gasteiger charge is -2.39. The second kappa shape index (κ2) is 12.5. The SMILES string of the molecule is CC1CCC(c2cccc3c2CCO3)N(C(=O)C(=O)OCC(F)(F)F)C1.O=C(Cl)C(=O)OCC(F)(F)F. The molecule has 1 aromatic carbocycles. The molecule has 37 heavy (non-hydrogen) atoms. The van der Waals surface area contributed by atoms with Crippen molar-refractivity contribution in [1.82, 2.24) is 4.90 Å². The van der Waals surface area contributed by atoms with Gasteiger partial charge in [0.1, 0.15) is 5.75 Å². The fourth-order valence-corrected chi connectivity index (χ4v) is 3.85. The number of carbonyl (C=O) groups is 4. The van der Waals surface area contributed by atoms with Gasteiger partial charge in [-0.25, -0.2) is 9.59 Å². The molecule has 2 heterocycles. The van der Waals surface area contributed by atoms with Crippen molar-refractivity contribution in [3.63, 3.8) is 0 Å². The molecule has 2 unspecified atom stereocenters. The summed E-state index contributed by atoms with van der Waals surface area (Å²) in [6.07, 6.45) is -7.10. The molecule has 206 valence electrons. The number of benzene rings is 1. The predicted octanol–water partition coefficient (Wildman–Crippen LogP) is 3.88. The van der Waals surface area contributed by atoms with Gasteiger partial charge in [-0.15, -0.1) is 0 Å². The highest BCUT2D eigenvalue weighted by Crippen LogP contribution is 2.39. The molecule has 2 aliphatic heterocycles. The Morgan fingerprint density at radius 2 is 1.59 bits per heavy atom. The van der Waals surface area contributed by atoms with E-state index in [1.165, 1.54) is 4.90 Å². The first-order valence-corrected chi connectivity index (χ1v) is 11.2. The molecule has 0 bridgehead atoms. The number of fused-ring (bicyclic) bond motifs is 1. The summed E-state index contributed by atoms with van der Waals surface area (Å²) in [4.78, 5) is 45.5. The molecule has 8 nitrogen and oxygen atoms in total. The smallest absolute Gasteiger partial charge is 0.422 e.